The maximum atomic E-state index is 14.7. The molecule has 0 fully saturated rings. The summed E-state index contributed by atoms with van der Waals surface area (Å²) in [5.74, 6) is -2.50. The van der Waals surface area contributed by atoms with Crippen LogP contribution in [0.3, 0.4) is 0 Å². The summed E-state index contributed by atoms with van der Waals surface area (Å²) < 4.78 is 42.9. The van der Waals surface area contributed by atoms with Crippen LogP contribution in [-0.2, 0) is 16.1 Å². The SMILES string of the molecule is CCN(Cc1cc(N(COCC[Si](C)(C)C)c2nc(C)cn3c(-c4cnn(C(C(N)=O)c5cccc(F)c5F)c4)cnc23)sn1)C(C)C. The number of nitrogens with zero attached hydrogens (tertiary/aromatic N) is 8. The van der Waals surface area contributed by atoms with Crippen LogP contribution in [0.2, 0.25) is 25.7 Å². The monoisotopic (exact) mass is 695 g/mol. The Balaban J connectivity index is 1.53. The Morgan fingerprint density at radius 3 is 2.62 bits per heavy atom. The number of carbonyl (C=O) groups is 1. The molecule has 1 aromatic carbocycles. The Kier molecular flexibility index (Phi) is 10.7. The van der Waals surface area contributed by atoms with Gasteiger partial charge in [-0.2, -0.15) is 9.47 Å². The van der Waals surface area contributed by atoms with Crippen molar-refractivity contribution in [3.8, 4) is 11.3 Å². The molecule has 5 rings (SSSR count). The van der Waals surface area contributed by atoms with Gasteiger partial charge in [-0.25, -0.2) is 18.7 Å². The van der Waals surface area contributed by atoms with E-state index < -0.39 is 31.7 Å². The molecule has 1 amide bonds. The van der Waals surface area contributed by atoms with Gasteiger partial charge in [0, 0.05) is 50.8 Å². The zero-order chi connectivity index (χ0) is 34.7. The second-order valence-electron chi connectivity index (χ2n) is 13.3. The van der Waals surface area contributed by atoms with Crippen molar-refractivity contribution in [1.29, 1.82) is 0 Å². The molecular formula is C33H43F2N9O2SSi. The lowest BCUT2D eigenvalue weighted by Gasteiger charge is -2.24. The van der Waals surface area contributed by atoms with E-state index >= 15 is 0 Å². The van der Waals surface area contributed by atoms with Crippen molar-refractivity contribution in [2.75, 3.05) is 24.8 Å². The van der Waals surface area contributed by atoms with Crippen molar-refractivity contribution in [2.24, 2.45) is 5.73 Å². The Bertz CT molecular complexity index is 1880. The van der Waals surface area contributed by atoms with Crippen LogP contribution in [0.25, 0.3) is 16.9 Å². The number of fused-ring (bicyclic) bond motifs is 1. The lowest BCUT2D eigenvalue weighted by atomic mass is 10.1. The van der Waals surface area contributed by atoms with Crippen molar-refractivity contribution >= 4 is 42.0 Å². The maximum Gasteiger partial charge on any atom is 0.247 e. The molecule has 0 aliphatic rings. The van der Waals surface area contributed by atoms with E-state index in [4.69, 9.17) is 24.8 Å². The molecule has 1 atom stereocenters. The normalized spacial score (nSPS) is 12.8. The van der Waals surface area contributed by atoms with Gasteiger partial charge in [-0.3, -0.25) is 23.7 Å². The molecule has 4 aromatic heterocycles. The second kappa shape index (κ2) is 14.6. The minimum absolute atomic E-state index is 0.207. The number of hydrogen-bond acceptors (Lipinski definition) is 9. The molecule has 1 unspecified atom stereocenters. The van der Waals surface area contributed by atoms with Crippen LogP contribution >= 0.6 is 11.5 Å². The Morgan fingerprint density at radius 2 is 1.94 bits per heavy atom. The highest BCUT2D eigenvalue weighted by molar-refractivity contribution is 7.10. The summed E-state index contributed by atoms with van der Waals surface area (Å²) in [6.07, 6.45) is 6.65. The Morgan fingerprint density at radius 1 is 1.17 bits per heavy atom. The van der Waals surface area contributed by atoms with Gasteiger partial charge >= 0.3 is 0 Å². The zero-order valence-corrected chi connectivity index (χ0v) is 30.3. The van der Waals surface area contributed by atoms with Crippen molar-refractivity contribution in [3.63, 3.8) is 0 Å². The topological polar surface area (TPSA) is 120 Å². The average molecular weight is 696 g/mol. The number of ether oxygens (including phenoxy) is 1. The number of aryl methyl sites for hydroxylation is 1. The summed E-state index contributed by atoms with van der Waals surface area (Å²) in [7, 11) is -1.31. The third-order valence-corrected chi connectivity index (χ3v) is 10.6. The molecule has 0 spiro atoms. The largest absolute Gasteiger partial charge is 0.368 e. The smallest absolute Gasteiger partial charge is 0.247 e. The van der Waals surface area contributed by atoms with Gasteiger partial charge in [0.15, 0.2) is 29.1 Å². The summed E-state index contributed by atoms with van der Waals surface area (Å²) in [6, 6.07) is 5.77. The summed E-state index contributed by atoms with van der Waals surface area (Å²) >= 11 is 1.39. The highest BCUT2D eigenvalue weighted by Crippen LogP contribution is 2.34. The predicted octanol–water partition coefficient (Wildman–Crippen LogP) is 6.39. The van der Waals surface area contributed by atoms with Gasteiger partial charge in [-0.05, 0) is 57.0 Å². The molecule has 256 valence electrons. The van der Waals surface area contributed by atoms with Crippen molar-refractivity contribution in [1.82, 2.24) is 33.4 Å². The molecular weight excluding hydrogens is 653 g/mol. The summed E-state index contributed by atoms with van der Waals surface area (Å²) in [6.45, 7) is 17.9. The molecule has 0 radical (unpaired) electrons. The number of imidazole rings is 1. The van der Waals surface area contributed by atoms with Gasteiger partial charge in [0.1, 0.15) is 11.7 Å². The van der Waals surface area contributed by atoms with Crippen LogP contribution in [-0.4, -0.2) is 73.3 Å². The van der Waals surface area contributed by atoms with Gasteiger partial charge in [-0.15, -0.1) is 0 Å². The molecule has 15 heteroatoms. The van der Waals surface area contributed by atoms with Crippen LogP contribution in [0, 0.1) is 18.6 Å². The van der Waals surface area contributed by atoms with Crippen LogP contribution in [0.4, 0.5) is 19.6 Å². The number of aromatic nitrogens is 6. The Hall–Kier alpha value is -4.05. The molecule has 0 saturated carbocycles. The van der Waals surface area contributed by atoms with E-state index in [0.29, 0.717) is 35.4 Å². The summed E-state index contributed by atoms with van der Waals surface area (Å²) in [4.78, 5) is 26.5. The maximum absolute atomic E-state index is 14.7. The van der Waals surface area contributed by atoms with Crippen LogP contribution in [0.15, 0.2) is 49.1 Å². The summed E-state index contributed by atoms with van der Waals surface area (Å²) in [5.41, 5.74) is 8.97. The zero-order valence-electron chi connectivity index (χ0n) is 28.4. The number of halogens is 2. The number of nitrogens with two attached hydrogens (primary N) is 1. The lowest BCUT2D eigenvalue weighted by Crippen LogP contribution is -2.30. The van der Waals surface area contributed by atoms with Crippen LogP contribution in [0.1, 0.15) is 43.8 Å². The fourth-order valence-electron chi connectivity index (χ4n) is 5.39. The fraction of sp³-hybridized carbons (Fsp3) is 0.424. The molecule has 0 aliphatic carbocycles. The quantitative estimate of drug-likeness (QED) is 0.0761. The van der Waals surface area contributed by atoms with Crippen molar-refractivity contribution < 1.29 is 18.3 Å². The first-order chi connectivity index (χ1) is 22.8. The van der Waals surface area contributed by atoms with Gasteiger partial charge < -0.3 is 10.5 Å². The van der Waals surface area contributed by atoms with E-state index in [1.54, 1.807) is 12.4 Å². The Labute approximate surface area is 284 Å². The summed E-state index contributed by atoms with van der Waals surface area (Å²) in [5, 5.41) is 5.21. The molecule has 48 heavy (non-hydrogen) atoms. The molecule has 0 bridgehead atoms. The highest BCUT2D eigenvalue weighted by Gasteiger charge is 2.27. The average Bonchev–Trinajstić information content (AvgIpc) is 3.77. The van der Waals surface area contributed by atoms with Crippen LogP contribution in [0.5, 0.6) is 0 Å². The number of carbonyl (C=O) groups excluding carboxylic acids is 1. The highest BCUT2D eigenvalue weighted by atomic mass is 32.1. The lowest BCUT2D eigenvalue weighted by molar-refractivity contribution is -0.120. The third kappa shape index (κ3) is 7.80. The number of hydrogen-bond donors (Lipinski definition) is 1. The second-order valence-corrected chi connectivity index (χ2v) is 19.7. The molecule has 5 aromatic rings. The minimum Gasteiger partial charge on any atom is -0.368 e. The van der Waals surface area contributed by atoms with E-state index in [9.17, 15) is 13.6 Å². The minimum atomic E-state index is -1.35. The first-order valence-corrected chi connectivity index (χ1v) is 20.4. The van der Waals surface area contributed by atoms with Crippen molar-refractivity contribution in [3.05, 3.63) is 77.6 Å². The first-order valence-electron chi connectivity index (χ1n) is 15.9. The van der Waals surface area contributed by atoms with E-state index in [1.165, 1.54) is 34.5 Å². The van der Waals surface area contributed by atoms with E-state index in [0.717, 1.165) is 41.6 Å². The first kappa shape index (κ1) is 35.3. The van der Waals surface area contributed by atoms with E-state index in [-0.39, 0.29) is 12.3 Å². The third-order valence-electron chi connectivity index (χ3n) is 8.09. The van der Waals surface area contributed by atoms with Gasteiger partial charge in [0.25, 0.3) is 0 Å². The van der Waals surface area contributed by atoms with Crippen LogP contribution < -0.4 is 10.6 Å². The molecule has 0 saturated heterocycles. The van der Waals surface area contributed by atoms with Crippen molar-refractivity contribution in [2.45, 2.75) is 72.0 Å². The van der Waals surface area contributed by atoms with E-state index in [2.05, 4.69) is 56.5 Å². The molecule has 2 N–H and O–H groups in total. The number of benzene rings is 1. The number of anilines is 2. The van der Waals surface area contributed by atoms with Gasteiger partial charge in [-0.1, -0.05) is 38.7 Å². The molecule has 4 heterocycles. The molecule has 11 nitrogen and oxygen atoms in total. The number of primary amides is 1. The fourth-order valence-corrected chi connectivity index (χ4v) is 6.89. The predicted molar refractivity (Wildman–Crippen MR) is 187 cm³/mol. The number of amides is 1. The van der Waals surface area contributed by atoms with E-state index in [1.807, 2.05) is 22.4 Å². The van der Waals surface area contributed by atoms with Gasteiger partial charge in [0.05, 0.1) is 29.5 Å². The molecule has 0 aliphatic heterocycles. The standard InChI is InChI=1S/C33H43F2N9O2SSi/c1-8-41(21(2)3)19-24-14-28(47-40-24)43(20-46-12-13-48(5,6)7)33-32-37-16-27(42(32)17-22(4)39-33)23-15-38-44(18-23)30(31(36)45)25-10-9-11-26(34)29(25)35/h9-11,14-18,21,30H,8,12-13,19-20H2,1-7H3,(H2,36,45). The van der Waals surface area contributed by atoms with Gasteiger partial charge in [0.2, 0.25) is 5.91 Å². The number of rotatable bonds is 15.